The Labute approximate surface area is 153 Å². The molecular weight excluding hydrogens is 354 g/mol. The molecule has 1 aromatic carbocycles. The number of carbonyl (C=O) groups is 1. The van der Waals surface area contributed by atoms with Gasteiger partial charge in [-0.3, -0.25) is 9.78 Å². The highest BCUT2D eigenvalue weighted by molar-refractivity contribution is 7.89. The molecule has 2 aromatic rings. The maximum Gasteiger partial charge on any atom is 0.254 e. The molecule has 2 heterocycles. The molecule has 1 aliphatic rings. The summed E-state index contributed by atoms with van der Waals surface area (Å²) in [6.45, 7) is 1.14. The molecule has 0 spiro atoms. The molecule has 1 N–H and O–H groups in total. The zero-order valence-electron chi connectivity index (χ0n) is 14.2. The lowest BCUT2D eigenvalue weighted by atomic mass is 10.2. The number of rotatable bonds is 6. The Kier molecular flexibility index (Phi) is 5.97. The van der Waals surface area contributed by atoms with E-state index in [1.165, 1.54) is 0 Å². The number of amides is 1. The molecule has 1 fully saturated rings. The van der Waals surface area contributed by atoms with E-state index in [0.29, 0.717) is 24.4 Å². The molecule has 0 saturated carbocycles. The molecule has 7 nitrogen and oxygen atoms in total. The minimum Gasteiger partial charge on any atom is -0.373 e. The fourth-order valence-electron chi connectivity index (χ4n) is 2.76. The van der Waals surface area contributed by atoms with Gasteiger partial charge in [0, 0.05) is 24.8 Å². The molecule has 26 heavy (non-hydrogen) atoms. The van der Waals surface area contributed by atoms with Gasteiger partial charge in [0.1, 0.15) is 0 Å². The summed E-state index contributed by atoms with van der Waals surface area (Å²) in [7, 11) is -3.55. The van der Waals surface area contributed by atoms with Gasteiger partial charge in [-0.1, -0.05) is 24.3 Å². The molecule has 1 saturated heterocycles. The number of nitrogens with one attached hydrogen (secondary N) is 1. The van der Waals surface area contributed by atoms with Gasteiger partial charge >= 0.3 is 0 Å². The number of ether oxygens (including phenoxy) is 1. The van der Waals surface area contributed by atoms with E-state index in [1.54, 1.807) is 53.6 Å². The number of hydrogen-bond acceptors (Lipinski definition) is 5. The Hall–Kier alpha value is -2.29. The molecule has 1 atom stereocenters. The average molecular weight is 375 g/mol. The Morgan fingerprint density at radius 3 is 2.69 bits per heavy atom. The van der Waals surface area contributed by atoms with Crippen molar-refractivity contribution in [1.29, 1.82) is 0 Å². The minimum atomic E-state index is -3.55. The van der Waals surface area contributed by atoms with Crippen LogP contribution >= 0.6 is 0 Å². The Bertz CT molecular complexity index is 828. The van der Waals surface area contributed by atoms with E-state index in [1.807, 2.05) is 6.07 Å². The highest BCUT2D eigenvalue weighted by Gasteiger charge is 2.28. The Morgan fingerprint density at radius 2 is 1.96 bits per heavy atom. The number of benzene rings is 1. The standard InChI is InChI=1S/C18H21N3O4S/c22-18(15-6-2-1-3-7-15)21-10-11-25-17(13-21)14-26(23,24)20-12-16-8-4-5-9-19-16/h1-9,17,20H,10-14H2/t17-/m1/s1. The van der Waals surface area contributed by atoms with Gasteiger partial charge in [-0.15, -0.1) is 0 Å². The van der Waals surface area contributed by atoms with E-state index in [0.717, 1.165) is 0 Å². The summed E-state index contributed by atoms with van der Waals surface area (Å²) < 4.78 is 32.7. The predicted octanol–water partition coefficient (Wildman–Crippen LogP) is 1.04. The summed E-state index contributed by atoms with van der Waals surface area (Å²) >= 11 is 0. The quantitative estimate of drug-likeness (QED) is 0.815. The third-order valence-electron chi connectivity index (χ3n) is 4.05. The van der Waals surface area contributed by atoms with Crippen molar-refractivity contribution in [3.8, 4) is 0 Å². The van der Waals surface area contributed by atoms with Gasteiger partial charge in [0.05, 0.1) is 30.7 Å². The van der Waals surface area contributed by atoms with Crippen LogP contribution < -0.4 is 4.72 Å². The normalized spacial score (nSPS) is 17.8. The zero-order chi connectivity index (χ0) is 18.4. The highest BCUT2D eigenvalue weighted by atomic mass is 32.2. The van der Waals surface area contributed by atoms with Crippen LogP contribution in [0.4, 0.5) is 0 Å². The first kappa shape index (κ1) is 18.5. The maximum absolute atomic E-state index is 12.5. The summed E-state index contributed by atoms with van der Waals surface area (Å²) in [4.78, 5) is 18.2. The van der Waals surface area contributed by atoms with Gasteiger partial charge in [-0.25, -0.2) is 13.1 Å². The summed E-state index contributed by atoms with van der Waals surface area (Å²) in [5.41, 5.74) is 1.23. The smallest absolute Gasteiger partial charge is 0.254 e. The van der Waals surface area contributed by atoms with Gasteiger partial charge in [-0.05, 0) is 24.3 Å². The first-order valence-corrected chi connectivity index (χ1v) is 10.0. The number of sulfonamides is 1. The Balaban J connectivity index is 1.56. The van der Waals surface area contributed by atoms with Crippen LogP contribution in [-0.2, 0) is 21.3 Å². The molecule has 0 unspecified atom stereocenters. The van der Waals surface area contributed by atoms with E-state index in [2.05, 4.69) is 9.71 Å². The molecule has 138 valence electrons. The van der Waals surface area contributed by atoms with Gasteiger partial charge in [0.25, 0.3) is 5.91 Å². The number of nitrogens with zero attached hydrogens (tertiary/aromatic N) is 2. The summed E-state index contributed by atoms with van der Waals surface area (Å²) in [5, 5.41) is 0. The lowest BCUT2D eigenvalue weighted by molar-refractivity contribution is -0.0110. The molecule has 0 bridgehead atoms. The van der Waals surface area contributed by atoms with Crippen molar-refractivity contribution in [3.63, 3.8) is 0 Å². The third-order valence-corrected chi connectivity index (χ3v) is 5.45. The molecule has 8 heteroatoms. The van der Waals surface area contributed by atoms with Gasteiger partial charge in [0.2, 0.25) is 10.0 Å². The summed E-state index contributed by atoms with van der Waals surface area (Å²) in [6.07, 6.45) is 1.05. The van der Waals surface area contributed by atoms with Crippen molar-refractivity contribution in [1.82, 2.24) is 14.6 Å². The lowest BCUT2D eigenvalue weighted by Gasteiger charge is -2.32. The van der Waals surface area contributed by atoms with Crippen LogP contribution in [0.15, 0.2) is 54.7 Å². The number of morpholine rings is 1. The summed E-state index contributed by atoms with van der Waals surface area (Å²) in [5.74, 6) is -0.309. The monoisotopic (exact) mass is 375 g/mol. The number of aromatic nitrogens is 1. The highest BCUT2D eigenvalue weighted by Crippen LogP contribution is 2.12. The van der Waals surface area contributed by atoms with Crippen molar-refractivity contribution in [2.45, 2.75) is 12.6 Å². The second kappa shape index (κ2) is 8.39. The number of pyridine rings is 1. The van der Waals surface area contributed by atoms with Crippen molar-refractivity contribution in [2.75, 3.05) is 25.4 Å². The average Bonchev–Trinajstić information content (AvgIpc) is 2.67. The van der Waals surface area contributed by atoms with Crippen molar-refractivity contribution in [3.05, 3.63) is 66.0 Å². The SMILES string of the molecule is O=C(c1ccccc1)N1CCO[C@@H](CS(=O)(=O)NCc2ccccn2)C1. The molecule has 0 aliphatic carbocycles. The first-order valence-electron chi connectivity index (χ1n) is 8.37. The molecule has 1 amide bonds. The molecule has 1 aliphatic heterocycles. The van der Waals surface area contributed by atoms with Crippen molar-refractivity contribution < 1.29 is 17.9 Å². The van der Waals surface area contributed by atoms with Crippen molar-refractivity contribution >= 4 is 15.9 Å². The van der Waals surface area contributed by atoms with Crippen LogP contribution in [0.3, 0.4) is 0 Å². The van der Waals surface area contributed by atoms with Crippen LogP contribution in [0.1, 0.15) is 16.1 Å². The molecule has 1 aromatic heterocycles. The van der Waals surface area contributed by atoms with E-state index in [-0.39, 0.29) is 24.7 Å². The largest absolute Gasteiger partial charge is 0.373 e. The van der Waals surface area contributed by atoms with Gasteiger partial charge in [0.15, 0.2) is 0 Å². The fourth-order valence-corrected chi connectivity index (χ4v) is 3.93. The topological polar surface area (TPSA) is 88.6 Å². The van der Waals surface area contributed by atoms with Crippen LogP contribution in [0.5, 0.6) is 0 Å². The first-order chi connectivity index (χ1) is 12.5. The molecular formula is C18H21N3O4S. The Morgan fingerprint density at radius 1 is 1.19 bits per heavy atom. The zero-order valence-corrected chi connectivity index (χ0v) is 15.1. The molecule has 0 radical (unpaired) electrons. The second-order valence-corrected chi connectivity index (χ2v) is 7.89. The van der Waals surface area contributed by atoms with E-state index in [4.69, 9.17) is 4.74 Å². The molecule has 3 rings (SSSR count). The van der Waals surface area contributed by atoms with Gasteiger partial charge < -0.3 is 9.64 Å². The van der Waals surface area contributed by atoms with E-state index >= 15 is 0 Å². The second-order valence-electron chi connectivity index (χ2n) is 6.03. The van der Waals surface area contributed by atoms with Crippen LogP contribution in [0.2, 0.25) is 0 Å². The predicted molar refractivity (Wildman–Crippen MR) is 96.9 cm³/mol. The number of carbonyl (C=O) groups excluding carboxylic acids is 1. The van der Waals surface area contributed by atoms with Crippen LogP contribution in [-0.4, -0.2) is 55.8 Å². The summed E-state index contributed by atoms with van der Waals surface area (Å²) in [6, 6.07) is 14.3. The van der Waals surface area contributed by atoms with Crippen LogP contribution in [0.25, 0.3) is 0 Å². The lowest BCUT2D eigenvalue weighted by Crippen LogP contribution is -2.49. The fraction of sp³-hybridized carbons (Fsp3) is 0.333. The van der Waals surface area contributed by atoms with Gasteiger partial charge in [-0.2, -0.15) is 0 Å². The maximum atomic E-state index is 12.5. The van der Waals surface area contributed by atoms with E-state index < -0.39 is 16.1 Å². The number of hydrogen-bond donors (Lipinski definition) is 1. The van der Waals surface area contributed by atoms with Crippen molar-refractivity contribution in [2.24, 2.45) is 0 Å². The van der Waals surface area contributed by atoms with E-state index in [9.17, 15) is 13.2 Å². The minimum absolute atomic E-state index is 0.113. The third kappa shape index (κ3) is 5.10. The van der Waals surface area contributed by atoms with Crippen LogP contribution in [0, 0.1) is 0 Å².